The maximum absolute atomic E-state index is 6.13. The van der Waals surface area contributed by atoms with Gasteiger partial charge >= 0.3 is 0 Å². The second-order valence-corrected chi connectivity index (χ2v) is 5.09. The zero-order valence-corrected chi connectivity index (χ0v) is 11.3. The fourth-order valence-electron chi connectivity index (χ4n) is 1.57. The third kappa shape index (κ3) is 4.13. The molecule has 1 atom stereocenters. The van der Waals surface area contributed by atoms with Crippen LogP contribution in [0.1, 0.15) is 44.2 Å². The molecule has 0 amide bonds. The van der Waals surface area contributed by atoms with E-state index in [4.69, 9.17) is 17.3 Å². The second-order valence-electron chi connectivity index (χ2n) is 3.77. The Balaban J connectivity index is 2.61. The third-order valence-corrected chi connectivity index (χ3v) is 3.30. The molecule has 0 radical (unpaired) electrons. The highest BCUT2D eigenvalue weighted by Crippen LogP contribution is 2.27. The van der Waals surface area contributed by atoms with Gasteiger partial charge in [0.15, 0.2) is 0 Å². The van der Waals surface area contributed by atoms with Crippen LogP contribution < -0.4 is 5.73 Å². The van der Waals surface area contributed by atoms with E-state index in [1.807, 2.05) is 18.2 Å². The van der Waals surface area contributed by atoms with Crippen molar-refractivity contribution >= 4 is 27.5 Å². The first-order valence-electron chi connectivity index (χ1n) is 5.35. The first-order valence-corrected chi connectivity index (χ1v) is 6.52. The lowest BCUT2D eigenvalue weighted by Crippen LogP contribution is -2.10. The third-order valence-electron chi connectivity index (χ3n) is 2.48. The number of unbranched alkanes of at least 4 members (excludes halogenated alkanes) is 2. The molecule has 84 valence electrons. The topological polar surface area (TPSA) is 26.0 Å². The summed E-state index contributed by atoms with van der Waals surface area (Å²) in [7, 11) is 0. The van der Waals surface area contributed by atoms with Crippen molar-refractivity contribution in [1.29, 1.82) is 0 Å². The zero-order valence-electron chi connectivity index (χ0n) is 8.97. The highest BCUT2D eigenvalue weighted by molar-refractivity contribution is 9.10. The zero-order chi connectivity index (χ0) is 11.3. The smallest absolute Gasteiger partial charge is 0.0464 e. The summed E-state index contributed by atoms with van der Waals surface area (Å²) in [5.41, 5.74) is 7.14. The van der Waals surface area contributed by atoms with Gasteiger partial charge in [0.1, 0.15) is 0 Å². The average Bonchev–Trinajstić information content (AvgIpc) is 2.17. The monoisotopic (exact) mass is 289 g/mol. The SMILES string of the molecule is CCCCCC(N)c1ccc(Br)cc1Cl. The Kier molecular flexibility index (Phi) is 5.65. The fourth-order valence-corrected chi connectivity index (χ4v) is 2.39. The van der Waals surface area contributed by atoms with Crippen molar-refractivity contribution in [2.45, 2.75) is 38.6 Å². The molecule has 0 spiro atoms. The number of rotatable bonds is 5. The highest BCUT2D eigenvalue weighted by Gasteiger charge is 2.09. The van der Waals surface area contributed by atoms with Crippen molar-refractivity contribution in [1.82, 2.24) is 0 Å². The molecule has 1 nitrogen and oxygen atoms in total. The molecule has 0 saturated carbocycles. The number of nitrogens with two attached hydrogens (primary N) is 1. The summed E-state index contributed by atoms with van der Waals surface area (Å²) in [6.07, 6.45) is 4.64. The number of hydrogen-bond acceptors (Lipinski definition) is 1. The molecule has 2 N–H and O–H groups in total. The molecule has 0 aromatic heterocycles. The minimum Gasteiger partial charge on any atom is -0.324 e. The molecule has 1 rings (SSSR count). The summed E-state index contributed by atoms with van der Waals surface area (Å²) in [4.78, 5) is 0. The van der Waals surface area contributed by atoms with E-state index < -0.39 is 0 Å². The van der Waals surface area contributed by atoms with Gasteiger partial charge in [-0.3, -0.25) is 0 Å². The first-order chi connectivity index (χ1) is 7.15. The Morgan fingerprint density at radius 3 is 2.73 bits per heavy atom. The van der Waals surface area contributed by atoms with Crippen LogP contribution in [0.25, 0.3) is 0 Å². The maximum Gasteiger partial charge on any atom is 0.0464 e. The van der Waals surface area contributed by atoms with Crippen LogP contribution in [0, 0.1) is 0 Å². The van der Waals surface area contributed by atoms with Crippen molar-refractivity contribution in [2.24, 2.45) is 5.73 Å². The van der Waals surface area contributed by atoms with Crippen molar-refractivity contribution < 1.29 is 0 Å². The van der Waals surface area contributed by atoms with E-state index in [0.29, 0.717) is 0 Å². The van der Waals surface area contributed by atoms with Gasteiger partial charge in [0.25, 0.3) is 0 Å². The lowest BCUT2D eigenvalue weighted by Gasteiger charge is -2.13. The lowest BCUT2D eigenvalue weighted by atomic mass is 10.0. The summed E-state index contributed by atoms with van der Waals surface area (Å²) in [6, 6.07) is 5.96. The molecule has 1 unspecified atom stereocenters. The molecule has 0 aliphatic carbocycles. The van der Waals surface area contributed by atoms with Crippen molar-refractivity contribution in [3.8, 4) is 0 Å². The fraction of sp³-hybridized carbons (Fsp3) is 0.500. The minimum atomic E-state index is 0.0668. The summed E-state index contributed by atoms with van der Waals surface area (Å²) in [5.74, 6) is 0. The predicted octanol–water partition coefficient (Wildman–Crippen LogP) is 4.68. The van der Waals surface area contributed by atoms with Gasteiger partial charge in [0, 0.05) is 15.5 Å². The quantitative estimate of drug-likeness (QED) is 0.783. The Morgan fingerprint density at radius 1 is 1.40 bits per heavy atom. The van der Waals surface area contributed by atoms with Crippen LogP contribution in [-0.2, 0) is 0 Å². The van der Waals surface area contributed by atoms with E-state index in [0.717, 1.165) is 21.5 Å². The first kappa shape index (κ1) is 13.0. The Labute approximate surface area is 105 Å². The van der Waals surface area contributed by atoms with E-state index in [2.05, 4.69) is 22.9 Å². The Bertz CT molecular complexity index is 314. The molecule has 1 aromatic carbocycles. The van der Waals surface area contributed by atoms with Gasteiger partial charge in [0.05, 0.1) is 0 Å². The molecular formula is C12H17BrClN. The molecule has 1 aromatic rings. The number of halogens is 2. The number of hydrogen-bond donors (Lipinski definition) is 1. The van der Waals surface area contributed by atoms with Crippen LogP contribution in [0.3, 0.4) is 0 Å². The van der Waals surface area contributed by atoms with Crippen LogP contribution in [0.4, 0.5) is 0 Å². The van der Waals surface area contributed by atoms with Crippen LogP contribution in [-0.4, -0.2) is 0 Å². The molecule has 0 bridgehead atoms. The lowest BCUT2D eigenvalue weighted by molar-refractivity contribution is 0.581. The van der Waals surface area contributed by atoms with Gasteiger partial charge in [-0.25, -0.2) is 0 Å². The predicted molar refractivity (Wildman–Crippen MR) is 70.2 cm³/mol. The van der Waals surface area contributed by atoms with Gasteiger partial charge in [-0.05, 0) is 24.1 Å². The van der Waals surface area contributed by atoms with Crippen molar-refractivity contribution in [2.75, 3.05) is 0 Å². The molecule has 0 saturated heterocycles. The van der Waals surface area contributed by atoms with E-state index in [9.17, 15) is 0 Å². The molecule has 15 heavy (non-hydrogen) atoms. The normalized spacial score (nSPS) is 12.8. The van der Waals surface area contributed by atoms with Crippen molar-refractivity contribution in [3.63, 3.8) is 0 Å². The molecule has 0 aliphatic heterocycles. The van der Waals surface area contributed by atoms with Crippen molar-refractivity contribution in [3.05, 3.63) is 33.3 Å². The Hall–Kier alpha value is -0.0500. The van der Waals surface area contributed by atoms with E-state index in [-0.39, 0.29) is 6.04 Å². The van der Waals surface area contributed by atoms with E-state index in [1.54, 1.807) is 0 Å². The largest absolute Gasteiger partial charge is 0.324 e. The standard InChI is InChI=1S/C12H17BrClN/c1-2-3-4-5-12(15)10-7-6-9(13)8-11(10)14/h6-8,12H,2-5,15H2,1H3. The maximum atomic E-state index is 6.13. The van der Waals surface area contributed by atoms with Crippen LogP contribution in [0.2, 0.25) is 5.02 Å². The molecule has 0 heterocycles. The van der Waals surface area contributed by atoms with Gasteiger partial charge in [0.2, 0.25) is 0 Å². The van der Waals surface area contributed by atoms with E-state index in [1.165, 1.54) is 19.3 Å². The molecule has 3 heteroatoms. The molecule has 0 fully saturated rings. The number of benzene rings is 1. The van der Waals surface area contributed by atoms with Gasteiger partial charge in [-0.15, -0.1) is 0 Å². The van der Waals surface area contributed by atoms with Gasteiger partial charge < -0.3 is 5.73 Å². The van der Waals surface area contributed by atoms with Crippen LogP contribution in [0.15, 0.2) is 22.7 Å². The second kappa shape index (κ2) is 6.51. The molecule has 0 aliphatic rings. The summed E-state index contributed by atoms with van der Waals surface area (Å²) < 4.78 is 0.997. The van der Waals surface area contributed by atoms with Crippen LogP contribution in [0.5, 0.6) is 0 Å². The molecular weight excluding hydrogens is 273 g/mol. The summed E-state index contributed by atoms with van der Waals surface area (Å²) in [6.45, 7) is 2.19. The minimum absolute atomic E-state index is 0.0668. The van der Waals surface area contributed by atoms with E-state index >= 15 is 0 Å². The Morgan fingerprint density at radius 2 is 2.13 bits per heavy atom. The summed E-state index contributed by atoms with van der Waals surface area (Å²) in [5, 5.41) is 0.758. The van der Waals surface area contributed by atoms with Gasteiger partial charge in [-0.1, -0.05) is 59.8 Å². The average molecular weight is 291 g/mol. The van der Waals surface area contributed by atoms with Gasteiger partial charge in [-0.2, -0.15) is 0 Å². The highest BCUT2D eigenvalue weighted by atomic mass is 79.9. The van der Waals surface area contributed by atoms with Crippen LogP contribution >= 0.6 is 27.5 Å². The summed E-state index contributed by atoms with van der Waals surface area (Å²) >= 11 is 9.51.